The Kier molecular flexibility index (Phi) is 8.16. The molecule has 0 spiro atoms. The Morgan fingerprint density at radius 3 is 2.03 bits per heavy atom. The largest absolute Gasteiger partial charge is 0.460 e. The lowest BCUT2D eigenvalue weighted by Gasteiger charge is -2.45. The molecule has 1 amide bonds. The maximum atomic E-state index is 14.0. The maximum absolute atomic E-state index is 14.0. The van der Waals surface area contributed by atoms with Gasteiger partial charge in [0.25, 0.3) is 5.91 Å². The first-order valence-corrected chi connectivity index (χ1v) is 13.4. The summed E-state index contributed by atoms with van der Waals surface area (Å²) in [5.74, 6) is -0.0106. The van der Waals surface area contributed by atoms with Gasteiger partial charge in [0.15, 0.2) is 0 Å². The van der Waals surface area contributed by atoms with Gasteiger partial charge in [-0.2, -0.15) is 0 Å². The average molecular weight is 498 g/mol. The van der Waals surface area contributed by atoms with Crippen molar-refractivity contribution in [1.29, 1.82) is 0 Å². The van der Waals surface area contributed by atoms with Gasteiger partial charge in [-0.15, -0.1) is 0 Å². The van der Waals surface area contributed by atoms with Crippen molar-refractivity contribution in [1.82, 2.24) is 5.32 Å². The van der Waals surface area contributed by atoms with E-state index in [-0.39, 0.29) is 29.3 Å². The molecule has 4 heteroatoms. The van der Waals surface area contributed by atoms with E-state index in [4.69, 9.17) is 4.74 Å². The number of esters is 1. The van der Waals surface area contributed by atoms with Gasteiger partial charge in [0.2, 0.25) is 0 Å². The zero-order valence-corrected chi connectivity index (χ0v) is 22.4. The predicted molar refractivity (Wildman–Crippen MR) is 148 cm³/mol. The van der Waals surface area contributed by atoms with E-state index in [1.54, 1.807) is 19.1 Å². The van der Waals surface area contributed by atoms with Crippen molar-refractivity contribution in [2.24, 2.45) is 11.8 Å². The zero-order chi connectivity index (χ0) is 26.5. The van der Waals surface area contributed by atoms with Crippen LogP contribution in [0.25, 0.3) is 0 Å². The quantitative estimate of drug-likeness (QED) is 0.351. The third-order valence-corrected chi connectivity index (χ3v) is 8.03. The van der Waals surface area contributed by atoms with Gasteiger partial charge in [-0.1, -0.05) is 106 Å². The van der Waals surface area contributed by atoms with E-state index in [2.05, 4.69) is 50.4 Å². The molecular formula is C33H39NO3. The van der Waals surface area contributed by atoms with Crippen LogP contribution in [0, 0.1) is 11.8 Å². The van der Waals surface area contributed by atoms with Crippen molar-refractivity contribution < 1.29 is 14.3 Å². The molecule has 1 aliphatic carbocycles. The Hall–Kier alpha value is -3.40. The molecule has 1 fully saturated rings. The van der Waals surface area contributed by atoms with Crippen LogP contribution in [-0.2, 0) is 21.4 Å². The summed E-state index contributed by atoms with van der Waals surface area (Å²) in [6, 6.07) is 29.3. The highest BCUT2D eigenvalue weighted by Gasteiger charge is 2.45. The van der Waals surface area contributed by atoms with Crippen molar-refractivity contribution in [3.63, 3.8) is 0 Å². The SMILES string of the molecule is C[C@@H]1CC[C@@H](C(C)(C)c2ccccc2)[C@H](OC(=O)[C@@](C)(Cc2ccccc2)NC(=O)c2ccccc2)C1. The van der Waals surface area contributed by atoms with Gasteiger partial charge in [0.1, 0.15) is 11.6 Å². The van der Waals surface area contributed by atoms with Crippen molar-refractivity contribution in [3.05, 3.63) is 108 Å². The summed E-state index contributed by atoms with van der Waals surface area (Å²) in [6.45, 7) is 8.52. The van der Waals surface area contributed by atoms with E-state index in [0.717, 1.165) is 24.8 Å². The van der Waals surface area contributed by atoms with E-state index in [0.29, 0.717) is 17.9 Å². The average Bonchev–Trinajstić information content (AvgIpc) is 2.90. The van der Waals surface area contributed by atoms with E-state index in [1.807, 2.05) is 54.6 Å². The van der Waals surface area contributed by atoms with Crippen molar-refractivity contribution in [2.75, 3.05) is 0 Å². The van der Waals surface area contributed by atoms with Crippen molar-refractivity contribution >= 4 is 11.9 Å². The Morgan fingerprint density at radius 2 is 1.41 bits per heavy atom. The van der Waals surface area contributed by atoms with Crippen LogP contribution in [0.15, 0.2) is 91.0 Å². The van der Waals surface area contributed by atoms with Gasteiger partial charge in [-0.25, -0.2) is 4.79 Å². The molecule has 0 aromatic heterocycles. The number of amides is 1. The summed E-state index contributed by atoms with van der Waals surface area (Å²) < 4.78 is 6.40. The lowest BCUT2D eigenvalue weighted by Crippen LogP contribution is -2.56. The van der Waals surface area contributed by atoms with Crippen LogP contribution in [0.5, 0.6) is 0 Å². The molecule has 0 bridgehead atoms. The van der Waals surface area contributed by atoms with Gasteiger partial charge < -0.3 is 10.1 Å². The number of nitrogens with one attached hydrogen (secondary N) is 1. The summed E-state index contributed by atoms with van der Waals surface area (Å²) in [5.41, 5.74) is 1.36. The molecule has 4 rings (SSSR count). The topological polar surface area (TPSA) is 55.4 Å². The second kappa shape index (κ2) is 11.3. The summed E-state index contributed by atoms with van der Waals surface area (Å²) in [5, 5.41) is 3.03. The molecular weight excluding hydrogens is 458 g/mol. The van der Waals surface area contributed by atoms with Crippen LogP contribution >= 0.6 is 0 Å². The molecule has 1 aliphatic rings. The molecule has 4 nitrogen and oxygen atoms in total. The van der Waals surface area contributed by atoms with Crippen LogP contribution in [0.1, 0.15) is 68.4 Å². The maximum Gasteiger partial charge on any atom is 0.332 e. The lowest BCUT2D eigenvalue weighted by molar-refractivity contribution is -0.163. The standard InChI is InChI=1S/C33H39NO3/c1-24-20-21-28(32(2,3)27-18-12-7-13-19-27)29(22-24)37-31(36)33(4,23-25-14-8-5-9-15-25)34-30(35)26-16-10-6-11-17-26/h5-19,24,28-29H,20-23H2,1-4H3,(H,34,35)/t24-,28-,29-,33-/m1/s1. The van der Waals surface area contributed by atoms with Crippen molar-refractivity contribution in [2.45, 2.75) is 70.4 Å². The van der Waals surface area contributed by atoms with Gasteiger partial charge in [0.05, 0.1) is 0 Å². The van der Waals surface area contributed by atoms with E-state index in [1.165, 1.54) is 5.56 Å². The molecule has 0 heterocycles. The molecule has 3 aromatic rings. The molecule has 3 aromatic carbocycles. The molecule has 1 N–H and O–H groups in total. The second-order valence-electron chi connectivity index (χ2n) is 11.4. The highest BCUT2D eigenvalue weighted by molar-refractivity contribution is 5.98. The molecule has 194 valence electrons. The van der Waals surface area contributed by atoms with E-state index in [9.17, 15) is 9.59 Å². The number of hydrogen-bond donors (Lipinski definition) is 1. The van der Waals surface area contributed by atoms with Gasteiger partial charge in [0, 0.05) is 17.9 Å². The molecule has 0 unspecified atom stereocenters. The van der Waals surface area contributed by atoms with Crippen LogP contribution < -0.4 is 5.32 Å². The lowest BCUT2D eigenvalue weighted by atomic mass is 9.64. The third-order valence-electron chi connectivity index (χ3n) is 8.03. The fourth-order valence-electron chi connectivity index (χ4n) is 5.72. The van der Waals surface area contributed by atoms with Crippen LogP contribution in [0.3, 0.4) is 0 Å². The smallest absolute Gasteiger partial charge is 0.332 e. The number of hydrogen-bond acceptors (Lipinski definition) is 3. The molecule has 0 saturated heterocycles. The fourth-order valence-corrected chi connectivity index (χ4v) is 5.72. The van der Waals surface area contributed by atoms with Crippen molar-refractivity contribution in [3.8, 4) is 0 Å². The summed E-state index contributed by atoms with van der Waals surface area (Å²) in [4.78, 5) is 27.2. The Balaban J connectivity index is 1.61. The first-order chi connectivity index (χ1) is 17.7. The minimum Gasteiger partial charge on any atom is -0.460 e. The number of benzene rings is 3. The monoisotopic (exact) mass is 497 g/mol. The molecule has 0 aliphatic heterocycles. The highest BCUT2D eigenvalue weighted by Crippen LogP contribution is 2.44. The predicted octanol–water partition coefficient (Wildman–Crippen LogP) is 6.74. The van der Waals surface area contributed by atoms with E-state index >= 15 is 0 Å². The first kappa shape index (κ1) is 26.7. The minimum atomic E-state index is -1.21. The number of carbonyl (C=O) groups is 2. The third kappa shape index (κ3) is 6.30. The van der Waals surface area contributed by atoms with Gasteiger partial charge in [-0.3, -0.25) is 4.79 Å². The second-order valence-corrected chi connectivity index (χ2v) is 11.4. The normalized spacial score (nSPS) is 21.5. The van der Waals surface area contributed by atoms with Gasteiger partial charge >= 0.3 is 5.97 Å². The highest BCUT2D eigenvalue weighted by atomic mass is 16.5. The summed E-state index contributed by atoms with van der Waals surface area (Å²) in [7, 11) is 0. The van der Waals surface area contributed by atoms with Crippen LogP contribution in [-0.4, -0.2) is 23.5 Å². The summed E-state index contributed by atoms with van der Waals surface area (Å²) >= 11 is 0. The molecule has 37 heavy (non-hydrogen) atoms. The Bertz CT molecular complexity index is 1180. The zero-order valence-electron chi connectivity index (χ0n) is 22.4. The summed E-state index contributed by atoms with van der Waals surface area (Å²) in [6.07, 6.45) is 3.05. The first-order valence-electron chi connectivity index (χ1n) is 13.4. The molecule has 0 radical (unpaired) electrons. The Labute approximate surface area is 221 Å². The molecule has 4 atom stereocenters. The van der Waals surface area contributed by atoms with Crippen LogP contribution in [0.2, 0.25) is 0 Å². The molecule has 1 saturated carbocycles. The fraction of sp³-hybridized carbons (Fsp3) is 0.394. The van der Waals surface area contributed by atoms with Gasteiger partial charge in [-0.05, 0) is 54.4 Å². The number of rotatable bonds is 8. The minimum absolute atomic E-state index is 0.157. The van der Waals surface area contributed by atoms with Crippen LogP contribution in [0.4, 0.5) is 0 Å². The number of ether oxygens (including phenoxy) is 1. The van der Waals surface area contributed by atoms with E-state index < -0.39 is 5.54 Å². The number of carbonyl (C=O) groups excluding carboxylic acids is 2. The Morgan fingerprint density at radius 1 is 0.838 bits per heavy atom.